The molecule has 1 aliphatic heterocycles. The molecule has 0 amide bonds. The molecule has 1 N–H and O–H groups in total. The first-order valence-corrected chi connectivity index (χ1v) is 8.96. The molecule has 3 aromatic rings. The highest BCUT2D eigenvalue weighted by Crippen LogP contribution is 2.28. The minimum atomic E-state index is -0.351. The standard InChI is InChI=1S/C18H17N3O2S/c22-21(23)14-9-7-13(8-10-14)12-20-11-3-5-16(20)18-19-15-4-1-2-6-17(15)24-18/h1-2,4,6-10,16H,3,5,11-12H2/p+1/t16-/m1/s1. The zero-order valence-electron chi connectivity index (χ0n) is 13.1. The van der Waals surface area contributed by atoms with Crippen molar-refractivity contribution in [1.29, 1.82) is 0 Å². The molecule has 122 valence electrons. The van der Waals surface area contributed by atoms with Crippen molar-refractivity contribution in [1.82, 2.24) is 4.98 Å². The lowest BCUT2D eigenvalue weighted by atomic mass is 10.1. The minimum absolute atomic E-state index is 0.151. The van der Waals surface area contributed by atoms with E-state index >= 15 is 0 Å². The van der Waals surface area contributed by atoms with Crippen LogP contribution in [0.2, 0.25) is 0 Å². The van der Waals surface area contributed by atoms with Crippen LogP contribution >= 0.6 is 11.3 Å². The van der Waals surface area contributed by atoms with E-state index in [1.54, 1.807) is 23.5 Å². The monoisotopic (exact) mass is 340 g/mol. The summed E-state index contributed by atoms with van der Waals surface area (Å²) in [4.78, 5) is 16.8. The second-order valence-corrected chi connectivity index (χ2v) is 7.29. The van der Waals surface area contributed by atoms with Crippen molar-refractivity contribution < 1.29 is 9.82 Å². The number of non-ortho nitro benzene ring substituents is 1. The van der Waals surface area contributed by atoms with Gasteiger partial charge in [-0.1, -0.05) is 12.1 Å². The van der Waals surface area contributed by atoms with E-state index in [1.807, 2.05) is 18.2 Å². The Balaban J connectivity index is 1.55. The summed E-state index contributed by atoms with van der Waals surface area (Å²) in [6.07, 6.45) is 2.35. The largest absolute Gasteiger partial charge is 0.323 e. The van der Waals surface area contributed by atoms with E-state index in [-0.39, 0.29) is 10.6 Å². The van der Waals surface area contributed by atoms with Gasteiger partial charge in [-0.05, 0) is 24.3 Å². The molecule has 1 unspecified atom stereocenters. The van der Waals surface area contributed by atoms with Gasteiger partial charge in [0.05, 0.1) is 21.7 Å². The second-order valence-electron chi connectivity index (χ2n) is 6.22. The maximum absolute atomic E-state index is 10.8. The molecule has 0 bridgehead atoms. The fourth-order valence-electron chi connectivity index (χ4n) is 3.46. The number of benzene rings is 2. The number of fused-ring (bicyclic) bond motifs is 1. The van der Waals surface area contributed by atoms with E-state index in [0.717, 1.165) is 30.6 Å². The van der Waals surface area contributed by atoms with Gasteiger partial charge in [0, 0.05) is 30.5 Å². The van der Waals surface area contributed by atoms with Crippen LogP contribution in [-0.2, 0) is 6.54 Å². The van der Waals surface area contributed by atoms with Gasteiger partial charge in [0.1, 0.15) is 12.6 Å². The number of hydrogen-bond donors (Lipinski definition) is 1. The van der Waals surface area contributed by atoms with Gasteiger partial charge in [-0.2, -0.15) is 0 Å². The van der Waals surface area contributed by atoms with Crippen LogP contribution < -0.4 is 4.90 Å². The van der Waals surface area contributed by atoms with Crippen LogP contribution in [0, 0.1) is 10.1 Å². The van der Waals surface area contributed by atoms with Crippen LogP contribution in [-0.4, -0.2) is 16.5 Å². The summed E-state index contributed by atoms with van der Waals surface area (Å²) in [5, 5.41) is 12.0. The lowest BCUT2D eigenvalue weighted by Gasteiger charge is -2.19. The zero-order valence-corrected chi connectivity index (χ0v) is 14.0. The summed E-state index contributed by atoms with van der Waals surface area (Å²) in [5.74, 6) is 0. The average molecular weight is 340 g/mol. The molecule has 1 aromatic heterocycles. The molecule has 1 fully saturated rings. The first kappa shape index (κ1) is 15.2. The highest BCUT2D eigenvalue weighted by Gasteiger charge is 2.32. The number of nitro benzene ring substituents is 1. The number of rotatable bonds is 4. The number of nitrogens with zero attached hydrogens (tertiary/aromatic N) is 2. The molecule has 4 rings (SSSR count). The Morgan fingerprint density at radius 2 is 2.00 bits per heavy atom. The van der Waals surface area contributed by atoms with Gasteiger partial charge in [0.25, 0.3) is 5.69 Å². The number of nitro groups is 1. The molecule has 2 aromatic carbocycles. The quantitative estimate of drug-likeness (QED) is 0.586. The maximum Gasteiger partial charge on any atom is 0.269 e. The zero-order chi connectivity index (χ0) is 16.5. The van der Waals surface area contributed by atoms with Crippen LogP contribution in [0.25, 0.3) is 10.2 Å². The Morgan fingerprint density at radius 3 is 2.75 bits per heavy atom. The van der Waals surface area contributed by atoms with E-state index in [9.17, 15) is 10.1 Å². The van der Waals surface area contributed by atoms with Crippen molar-refractivity contribution in [2.45, 2.75) is 25.4 Å². The highest BCUT2D eigenvalue weighted by atomic mass is 32.1. The second kappa shape index (κ2) is 6.30. The fourth-order valence-corrected chi connectivity index (χ4v) is 4.62. The highest BCUT2D eigenvalue weighted by molar-refractivity contribution is 7.18. The topological polar surface area (TPSA) is 60.5 Å². The predicted molar refractivity (Wildman–Crippen MR) is 94.2 cm³/mol. The number of likely N-dealkylation sites (tertiary alicyclic amines) is 1. The van der Waals surface area contributed by atoms with E-state index in [0.29, 0.717) is 6.04 Å². The van der Waals surface area contributed by atoms with Gasteiger partial charge in [0.2, 0.25) is 0 Å². The normalized spacial score (nSPS) is 20.5. The Hall–Kier alpha value is -2.31. The molecule has 0 spiro atoms. The molecule has 0 saturated carbocycles. The average Bonchev–Trinajstić information content (AvgIpc) is 3.21. The summed E-state index contributed by atoms with van der Waals surface area (Å²) < 4.78 is 1.24. The van der Waals surface area contributed by atoms with Gasteiger partial charge in [-0.25, -0.2) is 4.98 Å². The van der Waals surface area contributed by atoms with Crippen LogP contribution in [0.5, 0.6) is 0 Å². The summed E-state index contributed by atoms with van der Waals surface area (Å²) >= 11 is 1.79. The Bertz CT molecular complexity index is 842. The van der Waals surface area contributed by atoms with Gasteiger partial charge < -0.3 is 4.90 Å². The number of hydrogen-bond acceptors (Lipinski definition) is 4. The molecule has 0 aliphatic carbocycles. The Morgan fingerprint density at radius 1 is 1.21 bits per heavy atom. The molecule has 6 heteroatoms. The van der Waals surface area contributed by atoms with E-state index < -0.39 is 0 Å². The smallest absolute Gasteiger partial charge is 0.269 e. The van der Waals surface area contributed by atoms with Gasteiger partial charge in [-0.15, -0.1) is 11.3 Å². The van der Waals surface area contributed by atoms with Crippen molar-refractivity contribution in [3.63, 3.8) is 0 Å². The first-order valence-electron chi connectivity index (χ1n) is 8.14. The van der Waals surface area contributed by atoms with Crippen LogP contribution in [0.3, 0.4) is 0 Å². The van der Waals surface area contributed by atoms with Gasteiger partial charge in [0.15, 0.2) is 5.01 Å². The number of thiazole rings is 1. The lowest BCUT2D eigenvalue weighted by Crippen LogP contribution is -3.08. The number of nitrogens with one attached hydrogen (secondary N) is 1. The van der Waals surface area contributed by atoms with E-state index in [2.05, 4.69) is 18.2 Å². The van der Waals surface area contributed by atoms with E-state index in [4.69, 9.17) is 4.98 Å². The lowest BCUT2D eigenvalue weighted by molar-refractivity contribution is -0.932. The molecule has 24 heavy (non-hydrogen) atoms. The van der Waals surface area contributed by atoms with Crippen molar-refractivity contribution in [3.8, 4) is 0 Å². The fraction of sp³-hybridized carbons (Fsp3) is 0.278. The number of para-hydroxylation sites is 1. The van der Waals surface area contributed by atoms with Crippen molar-refractivity contribution in [3.05, 3.63) is 69.2 Å². The third-order valence-electron chi connectivity index (χ3n) is 4.67. The first-order chi connectivity index (χ1) is 11.7. The van der Waals surface area contributed by atoms with E-state index in [1.165, 1.54) is 21.0 Å². The van der Waals surface area contributed by atoms with Crippen LogP contribution in [0.4, 0.5) is 5.69 Å². The molecule has 1 saturated heterocycles. The Labute approximate surface area is 143 Å². The third kappa shape index (κ3) is 2.90. The number of quaternary nitrogens is 1. The molecule has 2 atom stereocenters. The van der Waals surface area contributed by atoms with Crippen molar-refractivity contribution in [2.24, 2.45) is 0 Å². The molecule has 2 heterocycles. The number of aromatic nitrogens is 1. The SMILES string of the molecule is O=[N+]([O-])c1ccc(C[NH+]2CCC[C@@H]2c2nc3ccccc3s2)cc1. The predicted octanol–water partition coefficient (Wildman–Crippen LogP) is 3.12. The van der Waals surface area contributed by atoms with Gasteiger partial charge in [-0.3, -0.25) is 10.1 Å². The minimum Gasteiger partial charge on any atom is -0.323 e. The molecular formula is C18H18N3O2S+. The van der Waals surface area contributed by atoms with Crippen molar-refractivity contribution >= 4 is 27.2 Å². The van der Waals surface area contributed by atoms with Crippen molar-refractivity contribution in [2.75, 3.05) is 6.54 Å². The maximum atomic E-state index is 10.8. The van der Waals surface area contributed by atoms with Crippen LogP contribution in [0.15, 0.2) is 48.5 Å². The molecule has 1 aliphatic rings. The molecular weight excluding hydrogens is 322 g/mol. The molecule has 0 radical (unpaired) electrons. The molecule has 5 nitrogen and oxygen atoms in total. The van der Waals surface area contributed by atoms with Gasteiger partial charge >= 0.3 is 0 Å². The Kier molecular flexibility index (Phi) is 4.00. The summed E-state index contributed by atoms with van der Waals surface area (Å²) in [7, 11) is 0. The summed E-state index contributed by atoms with van der Waals surface area (Å²) in [6.45, 7) is 2.01. The third-order valence-corrected chi connectivity index (χ3v) is 5.82. The van der Waals surface area contributed by atoms with Crippen LogP contribution in [0.1, 0.15) is 29.5 Å². The summed E-state index contributed by atoms with van der Waals surface area (Å²) in [5.41, 5.74) is 2.38. The summed E-state index contributed by atoms with van der Waals surface area (Å²) in [6, 6.07) is 15.6.